The summed E-state index contributed by atoms with van der Waals surface area (Å²) >= 11 is 0. The normalized spacial score (nSPS) is 15.1. The van der Waals surface area contributed by atoms with E-state index in [0.717, 1.165) is 54.2 Å². The zero-order chi connectivity index (χ0) is 68.5. The number of ether oxygens (including phenoxy) is 6. The monoisotopic (exact) mass is 1340 g/mol. The SMILES string of the molecule is COC(=O)[C@H](CCC(C)(C)C)NC(=O)c1ccc(Oc2cccc(OC3CN(C(=O)NCC(O)COCCOCc4cn(CC(=O)NCCCn5nccc5C(=O)N[C@H](C(=O)Nc5ccc(-c6c(C)nn(COCC[Si](C)(C)C)c6C)cc5)C(C5CC5)C5CC5)nn4)C3)c2)nc1. The van der Waals surface area contributed by atoms with Crippen molar-refractivity contribution in [3.63, 3.8) is 0 Å². The summed E-state index contributed by atoms with van der Waals surface area (Å²) < 4.78 is 39.0. The second-order valence-corrected chi connectivity index (χ2v) is 33.1. The van der Waals surface area contributed by atoms with Gasteiger partial charge in [-0.1, -0.05) is 63.8 Å². The molecule has 3 atom stereocenters. The van der Waals surface area contributed by atoms with Crippen LogP contribution in [-0.2, 0) is 59.8 Å². The van der Waals surface area contributed by atoms with Crippen LogP contribution in [0.4, 0.5) is 10.5 Å². The van der Waals surface area contributed by atoms with Crippen LogP contribution in [0, 0.1) is 37.0 Å². The zero-order valence-corrected chi connectivity index (χ0v) is 57.6. The minimum atomic E-state index is -1.21. The van der Waals surface area contributed by atoms with Gasteiger partial charge in [0.1, 0.15) is 54.4 Å². The summed E-state index contributed by atoms with van der Waals surface area (Å²) in [5.74, 6) is 0.120. The van der Waals surface area contributed by atoms with Crippen molar-refractivity contribution in [2.24, 2.45) is 23.2 Å². The van der Waals surface area contributed by atoms with Crippen molar-refractivity contribution in [3.05, 3.63) is 114 Å². The molecule has 0 bridgehead atoms. The van der Waals surface area contributed by atoms with Crippen molar-refractivity contribution in [1.82, 2.24) is 65.7 Å². The molecule has 518 valence electrons. The highest BCUT2D eigenvalue weighted by Gasteiger charge is 2.48. The molecule has 6 N–H and O–H groups in total. The lowest BCUT2D eigenvalue weighted by Crippen LogP contribution is -2.59. The molecule has 4 aromatic heterocycles. The molecule has 6 aromatic rings. The maximum Gasteiger partial charge on any atom is 0.328 e. The molecule has 28 heteroatoms. The minimum Gasteiger partial charge on any atom is -0.487 e. The average Bonchev–Trinajstić information content (AvgIpc) is 1.72. The zero-order valence-electron chi connectivity index (χ0n) is 56.6. The van der Waals surface area contributed by atoms with Gasteiger partial charge in [-0.15, -0.1) is 5.10 Å². The molecular formula is C68H94N14O13Si. The Morgan fingerprint density at radius 2 is 1.57 bits per heavy atom. The summed E-state index contributed by atoms with van der Waals surface area (Å²) in [4.78, 5) is 85.1. The van der Waals surface area contributed by atoms with Crippen LogP contribution < -0.4 is 36.1 Å². The van der Waals surface area contributed by atoms with Crippen molar-refractivity contribution in [1.29, 1.82) is 0 Å². The summed E-state index contributed by atoms with van der Waals surface area (Å²) in [5.41, 5.74) is 5.64. The molecule has 3 aliphatic rings. The molecule has 27 nitrogen and oxygen atoms in total. The first-order chi connectivity index (χ1) is 45.9. The number of urea groups is 1. The summed E-state index contributed by atoms with van der Waals surface area (Å²) in [5, 5.41) is 42.4. The van der Waals surface area contributed by atoms with E-state index in [2.05, 4.69) is 87.4 Å². The van der Waals surface area contributed by atoms with Gasteiger partial charge in [-0.05, 0) is 130 Å². The topological polar surface area (TPSA) is 321 Å². The van der Waals surface area contributed by atoms with Crippen molar-refractivity contribution in [2.45, 2.75) is 156 Å². The first-order valence-corrected chi connectivity index (χ1v) is 36.8. The number of nitrogens with zero attached hydrogens (tertiary/aromatic N) is 9. The predicted octanol–water partition coefficient (Wildman–Crippen LogP) is 7.30. The van der Waals surface area contributed by atoms with Gasteiger partial charge in [0, 0.05) is 75.8 Å². The third-order valence-corrected chi connectivity index (χ3v) is 18.6. The van der Waals surface area contributed by atoms with Gasteiger partial charge < -0.3 is 65.0 Å². The van der Waals surface area contributed by atoms with E-state index in [1.165, 1.54) is 18.0 Å². The molecule has 1 aliphatic heterocycles. The van der Waals surface area contributed by atoms with Gasteiger partial charge >= 0.3 is 12.0 Å². The number of hydrogen-bond donors (Lipinski definition) is 6. The fraction of sp³-hybridized carbons (Fsp3) is 0.544. The highest BCUT2D eigenvalue weighted by molar-refractivity contribution is 6.76. The first-order valence-electron chi connectivity index (χ1n) is 33.1. The fourth-order valence-corrected chi connectivity index (χ4v) is 12.0. The number of pyridine rings is 1. The number of carbonyl (C=O) groups excluding carboxylic acids is 6. The molecule has 2 aromatic carbocycles. The number of esters is 1. The Labute approximate surface area is 561 Å². The Bertz CT molecular complexity index is 3560. The third kappa shape index (κ3) is 21.7. The lowest BCUT2D eigenvalue weighted by atomic mass is 9.88. The first kappa shape index (κ1) is 71.7. The molecular weight excluding hydrogens is 1250 g/mol. The third-order valence-electron chi connectivity index (χ3n) is 16.9. The summed E-state index contributed by atoms with van der Waals surface area (Å²) in [6.45, 7) is 20.0. The number of nitrogens with one attached hydrogen (secondary N) is 5. The molecule has 0 spiro atoms. The molecule has 96 heavy (non-hydrogen) atoms. The molecule has 1 unspecified atom stereocenters. The lowest BCUT2D eigenvalue weighted by molar-refractivity contribution is -0.143. The molecule has 1 saturated heterocycles. The second-order valence-electron chi connectivity index (χ2n) is 27.4. The van der Waals surface area contributed by atoms with Gasteiger partial charge in [0.05, 0.1) is 70.2 Å². The predicted molar refractivity (Wildman–Crippen MR) is 359 cm³/mol. The number of aliphatic hydroxyl groups excluding tert-OH is 1. The smallest absolute Gasteiger partial charge is 0.328 e. The van der Waals surface area contributed by atoms with E-state index in [1.807, 2.05) is 42.8 Å². The number of aliphatic hydroxyl groups is 1. The quantitative estimate of drug-likeness (QED) is 0.0127. The highest BCUT2D eigenvalue weighted by Crippen LogP contribution is 2.51. The van der Waals surface area contributed by atoms with Crippen LogP contribution in [0.5, 0.6) is 17.4 Å². The van der Waals surface area contributed by atoms with E-state index in [9.17, 15) is 33.9 Å². The van der Waals surface area contributed by atoms with Crippen molar-refractivity contribution >= 4 is 49.4 Å². The Hall–Kier alpha value is -8.57. The Morgan fingerprint density at radius 1 is 0.833 bits per heavy atom. The van der Waals surface area contributed by atoms with Gasteiger partial charge in [-0.25, -0.2) is 23.9 Å². The van der Waals surface area contributed by atoms with Gasteiger partial charge in [0.25, 0.3) is 11.8 Å². The van der Waals surface area contributed by atoms with E-state index in [0.29, 0.717) is 99.2 Å². The van der Waals surface area contributed by atoms with Crippen LogP contribution in [0.2, 0.25) is 25.7 Å². The molecule has 2 aliphatic carbocycles. The number of carbonyl (C=O) groups is 6. The number of aromatic nitrogens is 8. The van der Waals surface area contributed by atoms with Gasteiger partial charge in [-0.2, -0.15) is 10.2 Å². The number of hydrogen-bond acceptors (Lipinski definition) is 18. The van der Waals surface area contributed by atoms with E-state index < -0.39 is 38.1 Å². The average molecular weight is 1340 g/mol. The Kier molecular flexibility index (Phi) is 24.9. The Balaban J connectivity index is 0.617. The number of aryl methyl sites for hydroxylation is 2. The van der Waals surface area contributed by atoms with Crippen LogP contribution in [0.25, 0.3) is 11.1 Å². The van der Waals surface area contributed by atoms with Crippen molar-refractivity contribution in [2.75, 3.05) is 65.0 Å². The molecule has 0 radical (unpaired) electrons. The minimum absolute atomic E-state index is 0.0267. The highest BCUT2D eigenvalue weighted by atomic mass is 28.3. The van der Waals surface area contributed by atoms with Gasteiger partial charge in [-0.3, -0.25) is 23.9 Å². The number of likely N-dealkylation sites (tertiary alicyclic amines) is 1. The second kappa shape index (κ2) is 33.4. The molecule has 3 fully saturated rings. The number of methoxy groups -OCH3 is 1. The van der Waals surface area contributed by atoms with E-state index >= 15 is 0 Å². The maximum atomic E-state index is 14.3. The van der Waals surface area contributed by atoms with E-state index in [1.54, 1.807) is 64.4 Å². The molecule has 9 rings (SSSR count). The summed E-state index contributed by atoms with van der Waals surface area (Å²) in [6.07, 6.45) is 9.07. The van der Waals surface area contributed by atoms with Crippen LogP contribution in [-0.4, -0.2) is 177 Å². The van der Waals surface area contributed by atoms with E-state index in [4.69, 9.17) is 33.5 Å². The fourth-order valence-electron chi connectivity index (χ4n) is 11.3. The van der Waals surface area contributed by atoms with Crippen molar-refractivity contribution < 1.29 is 62.3 Å². The number of rotatable bonds is 37. The number of anilines is 1. The number of amides is 6. The van der Waals surface area contributed by atoms with Crippen LogP contribution >= 0.6 is 0 Å². The molecule has 2 saturated carbocycles. The number of benzene rings is 2. The maximum absolute atomic E-state index is 14.3. The molecule has 6 amide bonds. The van der Waals surface area contributed by atoms with Crippen molar-refractivity contribution in [3.8, 4) is 28.5 Å². The van der Waals surface area contributed by atoms with Gasteiger partial charge in [0.2, 0.25) is 17.7 Å². The van der Waals surface area contributed by atoms with Crippen LogP contribution in [0.3, 0.4) is 0 Å². The van der Waals surface area contributed by atoms with Crippen LogP contribution in [0.15, 0.2) is 85.3 Å². The Morgan fingerprint density at radius 3 is 2.27 bits per heavy atom. The summed E-state index contributed by atoms with van der Waals surface area (Å²) in [6, 6.07) is 18.7. The standard InChI is InChI=1S/C68H94N14O13Si/c1-44-60(45(2)82(77-44)43-93-32-33-96(7,8)9)46-18-21-50(22-19-46)73-65(87)62(61(47-14-15-47)48-16-17-48)75-64(86)57-25-28-72-81(57)29-11-27-69-58(84)40-80-37-51(76-78-80)41-91-30-31-92-42-52(83)36-71-67(89)79-38-55(39-79)94-53-12-10-13-54(34-53)95-59-23-20-49(35-70-59)63(85)74-56(66(88)90-6)24-26-68(3,4)5/h10,12-13,18-23,25,28,34-35,37,47-48,52,55-56,61-62,83H,11,14-17,24,26-27,29-33,36,38-43H2,1-9H3,(H,69,84)(H,71,89)(H,73,87)(H,74,85)(H,75,86)/t52?,56-,62-/m0/s1. The van der Waals surface area contributed by atoms with E-state index in [-0.39, 0.29) is 92.1 Å². The largest absolute Gasteiger partial charge is 0.487 e. The van der Waals surface area contributed by atoms with Crippen LogP contribution in [0.1, 0.15) is 104 Å². The lowest BCUT2D eigenvalue weighted by Gasteiger charge is -2.38. The summed E-state index contributed by atoms with van der Waals surface area (Å²) in [7, 11) is 0.0823. The van der Waals surface area contributed by atoms with Gasteiger partial charge in [0.15, 0.2) is 0 Å². The molecule has 5 heterocycles.